The molecule has 194 valence electrons. The van der Waals surface area contributed by atoms with Crippen LogP contribution in [0.5, 0.6) is 5.75 Å². The summed E-state index contributed by atoms with van der Waals surface area (Å²) in [5, 5.41) is 0. The van der Waals surface area contributed by atoms with Gasteiger partial charge in [0.05, 0.1) is 36.8 Å². The average molecular weight is 504 g/mol. The lowest BCUT2D eigenvalue weighted by Crippen LogP contribution is -2.62. The van der Waals surface area contributed by atoms with E-state index in [9.17, 15) is 18.0 Å². The number of halogens is 3. The first-order valence-electron chi connectivity index (χ1n) is 12.4. The largest absolute Gasteiger partial charge is 0.497 e. The van der Waals surface area contributed by atoms with Crippen LogP contribution in [0.4, 0.5) is 24.5 Å². The van der Waals surface area contributed by atoms with Crippen LogP contribution in [0.1, 0.15) is 25.0 Å². The number of rotatable bonds is 3. The van der Waals surface area contributed by atoms with Gasteiger partial charge >= 0.3 is 6.18 Å². The van der Waals surface area contributed by atoms with Crippen LogP contribution < -0.4 is 14.5 Å². The van der Waals surface area contributed by atoms with Gasteiger partial charge in [-0.2, -0.15) is 13.2 Å². The smallest absolute Gasteiger partial charge is 0.416 e. The molecule has 0 bridgehead atoms. The third-order valence-electron chi connectivity index (χ3n) is 7.53. The highest BCUT2D eigenvalue weighted by atomic mass is 19.4. The van der Waals surface area contributed by atoms with E-state index in [-0.39, 0.29) is 30.6 Å². The zero-order valence-corrected chi connectivity index (χ0v) is 20.8. The predicted molar refractivity (Wildman–Crippen MR) is 132 cm³/mol. The summed E-state index contributed by atoms with van der Waals surface area (Å²) in [5.41, 5.74) is 1.76. The van der Waals surface area contributed by atoms with Gasteiger partial charge in [0, 0.05) is 44.1 Å². The van der Waals surface area contributed by atoms with Crippen LogP contribution in [0.2, 0.25) is 0 Å². The molecule has 9 heteroatoms. The second kappa shape index (κ2) is 9.50. The van der Waals surface area contributed by atoms with Gasteiger partial charge in [0.15, 0.2) is 0 Å². The topological polar surface area (TPSA) is 45.2 Å². The van der Waals surface area contributed by atoms with Gasteiger partial charge < -0.3 is 24.2 Å². The van der Waals surface area contributed by atoms with Gasteiger partial charge in [-0.15, -0.1) is 0 Å². The number of anilines is 2. The van der Waals surface area contributed by atoms with Crippen molar-refractivity contribution < 1.29 is 27.4 Å². The number of hydrogen-bond donors (Lipinski definition) is 0. The quantitative estimate of drug-likeness (QED) is 0.628. The van der Waals surface area contributed by atoms with Crippen molar-refractivity contribution in [1.29, 1.82) is 0 Å². The SMILES string of the molecule is COc1ccc(N2CCN3c4ccc(C(F)(F)F)cc4C[C@H](C(=O)N4C[C@@H](C)O[C@@H](C)C4)[C@H]3C2)cc1. The summed E-state index contributed by atoms with van der Waals surface area (Å²) in [6, 6.07) is 11.6. The van der Waals surface area contributed by atoms with Crippen LogP contribution in [-0.2, 0) is 22.1 Å². The molecule has 2 aromatic rings. The Morgan fingerprint density at radius 1 is 1.00 bits per heavy atom. The van der Waals surface area contributed by atoms with E-state index in [2.05, 4.69) is 9.80 Å². The summed E-state index contributed by atoms with van der Waals surface area (Å²) in [6.07, 6.45) is -4.30. The van der Waals surface area contributed by atoms with E-state index in [4.69, 9.17) is 9.47 Å². The van der Waals surface area contributed by atoms with E-state index in [0.29, 0.717) is 38.3 Å². The molecule has 0 unspecified atom stereocenters. The van der Waals surface area contributed by atoms with Crippen LogP contribution in [0, 0.1) is 5.92 Å². The monoisotopic (exact) mass is 503 g/mol. The maximum atomic E-state index is 13.9. The molecule has 4 atom stereocenters. The summed E-state index contributed by atoms with van der Waals surface area (Å²) in [4.78, 5) is 20.1. The van der Waals surface area contributed by atoms with E-state index in [1.807, 2.05) is 43.0 Å². The molecule has 2 aromatic carbocycles. The third kappa shape index (κ3) is 4.73. The first-order valence-corrected chi connectivity index (χ1v) is 12.4. The standard InChI is InChI=1S/C27H32F3N3O3/c1-17-14-32(15-18(2)36-17)26(34)23-13-19-12-20(27(28,29)30)4-9-24(19)33-11-10-31(16-25(23)33)21-5-7-22(35-3)8-6-21/h4-9,12,17-18,23,25H,10-11,13-16H2,1-3H3/t17-,18+,23-,25+/m0/s1. The minimum atomic E-state index is -4.42. The fraction of sp³-hybridized carbons (Fsp3) is 0.519. The molecule has 0 saturated carbocycles. The first kappa shape index (κ1) is 24.7. The van der Waals surface area contributed by atoms with Gasteiger partial charge in [0.25, 0.3) is 0 Å². The summed E-state index contributed by atoms with van der Waals surface area (Å²) in [7, 11) is 1.63. The normalized spacial score (nSPS) is 26.3. The van der Waals surface area contributed by atoms with Gasteiger partial charge in [-0.3, -0.25) is 4.79 Å². The van der Waals surface area contributed by atoms with Crippen molar-refractivity contribution in [2.24, 2.45) is 5.92 Å². The van der Waals surface area contributed by atoms with Crippen molar-refractivity contribution in [3.8, 4) is 5.75 Å². The highest BCUT2D eigenvalue weighted by molar-refractivity contribution is 5.83. The highest BCUT2D eigenvalue weighted by Crippen LogP contribution is 2.41. The average Bonchev–Trinajstić information content (AvgIpc) is 2.86. The Bertz CT molecular complexity index is 1100. The van der Waals surface area contributed by atoms with Crippen LogP contribution in [0.25, 0.3) is 0 Å². The van der Waals surface area contributed by atoms with Crippen LogP contribution in [-0.4, -0.2) is 68.9 Å². The van der Waals surface area contributed by atoms with Gasteiger partial charge in [-0.25, -0.2) is 0 Å². The van der Waals surface area contributed by atoms with Crippen molar-refractivity contribution in [2.75, 3.05) is 49.6 Å². The van der Waals surface area contributed by atoms with Crippen molar-refractivity contribution in [3.63, 3.8) is 0 Å². The Hall–Kier alpha value is -2.94. The first-order chi connectivity index (χ1) is 17.1. The molecule has 0 radical (unpaired) electrons. The van der Waals surface area contributed by atoms with Crippen molar-refractivity contribution in [3.05, 3.63) is 53.6 Å². The highest BCUT2D eigenvalue weighted by Gasteiger charge is 2.44. The number of amides is 1. The Morgan fingerprint density at radius 3 is 2.33 bits per heavy atom. The van der Waals surface area contributed by atoms with Gasteiger partial charge in [-0.05, 0) is 68.3 Å². The van der Waals surface area contributed by atoms with E-state index < -0.39 is 17.7 Å². The molecule has 2 fully saturated rings. The third-order valence-corrected chi connectivity index (χ3v) is 7.53. The number of morpholine rings is 1. The van der Waals surface area contributed by atoms with Gasteiger partial charge in [0.2, 0.25) is 5.91 Å². The lowest BCUT2D eigenvalue weighted by Gasteiger charge is -2.51. The van der Waals surface area contributed by atoms with Gasteiger partial charge in [0.1, 0.15) is 5.75 Å². The Balaban J connectivity index is 1.48. The molecule has 3 aliphatic rings. The van der Waals surface area contributed by atoms with Crippen LogP contribution >= 0.6 is 0 Å². The zero-order valence-electron chi connectivity index (χ0n) is 20.8. The van der Waals surface area contributed by atoms with E-state index in [0.717, 1.165) is 23.2 Å². The molecule has 0 spiro atoms. The van der Waals surface area contributed by atoms with Crippen LogP contribution in [0.15, 0.2) is 42.5 Å². The second-order valence-electron chi connectivity index (χ2n) is 10.1. The fourth-order valence-electron chi connectivity index (χ4n) is 5.90. The number of hydrogen-bond acceptors (Lipinski definition) is 5. The molecule has 36 heavy (non-hydrogen) atoms. The molecule has 5 rings (SSSR count). The van der Waals surface area contributed by atoms with Crippen molar-refractivity contribution in [1.82, 2.24) is 4.90 Å². The molecule has 0 aromatic heterocycles. The molecular weight excluding hydrogens is 471 g/mol. The molecule has 0 aliphatic carbocycles. The number of piperazine rings is 1. The number of carbonyl (C=O) groups excluding carboxylic acids is 1. The summed E-state index contributed by atoms with van der Waals surface area (Å²) in [5.74, 6) is 0.319. The lowest BCUT2D eigenvalue weighted by atomic mass is 9.82. The summed E-state index contributed by atoms with van der Waals surface area (Å²) < 4.78 is 51.6. The number of nitrogens with zero attached hydrogens (tertiary/aromatic N) is 3. The molecule has 3 aliphatic heterocycles. The Kier molecular flexibility index (Phi) is 6.53. The summed E-state index contributed by atoms with van der Waals surface area (Å²) >= 11 is 0. The molecule has 6 nitrogen and oxygen atoms in total. The minimum absolute atomic E-state index is 0.00774. The Morgan fingerprint density at radius 2 is 1.69 bits per heavy atom. The number of fused-ring (bicyclic) bond motifs is 3. The maximum Gasteiger partial charge on any atom is 0.416 e. The van der Waals surface area contributed by atoms with E-state index in [1.54, 1.807) is 13.2 Å². The van der Waals surface area contributed by atoms with Gasteiger partial charge in [-0.1, -0.05) is 0 Å². The van der Waals surface area contributed by atoms with E-state index >= 15 is 0 Å². The molecule has 2 saturated heterocycles. The minimum Gasteiger partial charge on any atom is -0.497 e. The fourth-order valence-corrected chi connectivity index (χ4v) is 5.90. The number of ether oxygens (including phenoxy) is 2. The predicted octanol–water partition coefficient (Wildman–Crippen LogP) is 4.22. The maximum absolute atomic E-state index is 13.9. The molecule has 0 N–H and O–H groups in total. The zero-order chi connectivity index (χ0) is 25.6. The number of carbonyl (C=O) groups is 1. The number of methoxy groups -OCH3 is 1. The molecule has 3 heterocycles. The van der Waals surface area contributed by atoms with E-state index in [1.165, 1.54) is 6.07 Å². The molecule has 1 amide bonds. The van der Waals surface area contributed by atoms with Crippen molar-refractivity contribution >= 4 is 17.3 Å². The van der Waals surface area contributed by atoms with Crippen LogP contribution in [0.3, 0.4) is 0 Å². The number of alkyl halides is 3. The second-order valence-corrected chi connectivity index (χ2v) is 10.1. The number of benzene rings is 2. The summed E-state index contributed by atoms with van der Waals surface area (Å²) in [6.45, 7) is 6.80. The molecular formula is C27H32F3N3O3. The Labute approximate surface area is 209 Å². The lowest BCUT2D eigenvalue weighted by molar-refractivity contribution is -0.148. The van der Waals surface area contributed by atoms with Crippen molar-refractivity contribution in [2.45, 2.75) is 44.7 Å².